The highest BCUT2D eigenvalue weighted by molar-refractivity contribution is 7.88. The normalized spacial score (nSPS) is 13.6. The van der Waals surface area contributed by atoms with Crippen molar-refractivity contribution in [3.05, 3.63) is 64.7 Å². The summed E-state index contributed by atoms with van der Waals surface area (Å²) in [5.41, 5.74) is 1.58. The van der Waals surface area contributed by atoms with Gasteiger partial charge >= 0.3 is 0 Å². The minimum absolute atomic E-state index is 0.0325. The van der Waals surface area contributed by atoms with E-state index in [9.17, 15) is 13.2 Å². The van der Waals surface area contributed by atoms with Crippen LogP contribution in [-0.2, 0) is 14.8 Å². The fraction of sp³-hybridized carbons (Fsp3) is 0.316. The minimum Gasteiger partial charge on any atom is -0.497 e. The average molecular weight is 411 g/mol. The van der Waals surface area contributed by atoms with Crippen molar-refractivity contribution in [1.82, 2.24) is 10.0 Å². The number of nitrogens with one attached hydrogen (secondary N) is 2. The largest absolute Gasteiger partial charge is 0.497 e. The molecule has 0 radical (unpaired) electrons. The molecule has 2 rings (SSSR count). The predicted molar refractivity (Wildman–Crippen MR) is 106 cm³/mol. The maximum atomic E-state index is 12.5. The molecule has 2 aromatic carbocycles. The lowest BCUT2D eigenvalue weighted by Gasteiger charge is -2.20. The Morgan fingerprint density at radius 1 is 1.07 bits per heavy atom. The molecule has 2 aromatic rings. The van der Waals surface area contributed by atoms with E-state index < -0.39 is 16.1 Å². The Hall–Kier alpha value is -2.09. The van der Waals surface area contributed by atoms with E-state index in [2.05, 4.69) is 10.0 Å². The molecule has 0 bridgehead atoms. The number of amides is 1. The summed E-state index contributed by atoms with van der Waals surface area (Å²) < 4.78 is 31.0. The lowest BCUT2D eigenvalue weighted by molar-refractivity contribution is -0.122. The van der Waals surface area contributed by atoms with Gasteiger partial charge in [-0.25, -0.2) is 13.1 Å². The van der Waals surface area contributed by atoms with E-state index in [4.69, 9.17) is 16.3 Å². The maximum absolute atomic E-state index is 12.5. The van der Waals surface area contributed by atoms with Crippen LogP contribution in [0.15, 0.2) is 48.5 Å². The standard InChI is InChI=1S/C19H23ClN2O4S/c1-13(14-6-10-17(26-2)11-7-14)21-19(23)12-18(22-27(3,24)25)15-4-8-16(20)9-5-15/h4-11,13,18,22H,12H2,1-3H3,(H,21,23). The summed E-state index contributed by atoms with van der Waals surface area (Å²) in [6.07, 6.45) is 1.03. The van der Waals surface area contributed by atoms with Crippen molar-refractivity contribution >= 4 is 27.5 Å². The van der Waals surface area contributed by atoms with Gasteiger partial charge in [-0.05, 0) is 42.3 Å². The van der Waals surface area contributed by atoms with Gasteiger partial charge in [-0.2, -0.15) is 0 Å². The molecule has 27 heavy (non-hydrogen) atoms. The van der Waals surface area contributed by atoms with Crippen LogP contribution in [0.3, 0.4) is 0 Å². The Bertz CT molecular complexity index is 868. The average Bonchev–Trinajstić information content (AvgIpc) is 2.60. The Morgan fingerprint density at radius 2 is 1.63 bits per heavy atom. The monoisotopic (exact) mass is 410 g/mol. The van der Waals surface area contributed by atoms with Crippen LogP contribution in [0.1, 0.15) is 36.6 Å². The van der Waals surface area contributed by atoms with Crippen molar-refractivity contribution in [2.75, 3.05) is 13.4 Å². The highest BCUT2D eigenvalue weighted by atomic mass is 35.5. The van der Waals surface area contributed by atoms with Gasteiger partial charge in [0.2, 0.25) is 15.9 Å². The van der Waals surface area contributed by atoms with Crippen LogP contribution in [0.4, 0.5) is 0 Å². The summed E-state index contributed by atoms with van der Waals surface area (Å²) >= 11 is 5.89. The summed E-state index contributed by atoms with van der Waals surface area (Å²) in [6, 6.07) is 13.2. The molecule has 0 spiro atoms. The molecule has 0 aromatic heterocycles. The molecule has 0 fully saturated rings. The van der Waals surface area contributed by atoms with Gasteiger partial charge in [0.1, 0.15) is 5.75 Å². The second kappa shape index (κ2) is 9.21. The van der Waals surface area contributed by atoms with Crippen molar-refractivity contribution < 1.29 is 17.9 Å². The fourth-order valence-corrected chi connectivity index (χ4v) is 3.51. The highest BCUT2D eigenvalue weighted by Gasteiger charge is 2.21. The lowest BCUT2D eigenvalue weighted by Crippen LogP contribution is -2.34. The number of halogens is 1. The lowest BCUT2D eigenvalue weighted by atomic mass is 10.0. The van der Waals surface area contributed by atoms with E-state index in [0.717, 1.165) is 17.6 Å². The SMILES string of the molecule is COc1ccc(C(C)NC(=O)CC(NS(C)(=O)=O)c2ccc(Cl)cc2)cc1. The van der Waals surface area contributed by atoms with Crippen LogP contribution < -0.4 is 14.8 Å². The molecular formula is C19H23ClN2O4S. The molecule has 0 aliphatic rings. The molecule has 146 valence electrons. The summed E-state index contributed by atoms with van der Waals surface area (Å²) in [5, 5.41) is 3.43. The third kappa shape index (κ3) is 6.86. The first-order chi connectivity index (χ1) is 12.7. The number of carbonyl (C=O) groups is 1. The van der Waals surface area contributed by atoms with E-state index in [0.29, 0.717) is 10.6 Å². The van der Waals surface area contributed by atoms with Crippen molar-refractivity contribution in [3.8, 4) is 5.75 Å². The molecule has 8 heteroatoms. The third-order valence-corrected chi connectivity index (χ3v) is 4.98. The van der Waals surface area contributed by atoms with Gasteiger partial charge < -0.3 is 10.1 Å². The molecule has 2 atom stereocenters. The van der Waals surface area contributed by atoms with Crippen LogP contribution in [0, 0.1) is 0 Å². The van der Waals surface area contributed by atoms with Gasteiger partial charge in [0.25, 0.3) is 0 Å². The topological polar surface area (TPSA) is 84.5 Å². The molecule has 2 N–H and O–H groups in total. The van der Waals surface area contributed by atoms with Crippen LogP contribution in [0.2, 0.25) is 5.02 Å². The molecule has 0 aliphatic carbocycles. The van der Waals surface area contributed by atoms with Crippen LogP contribution >= 0.6 is 11.6 Å². The van der Waals surface area contributed by atoms with E-state index in [1.165, 1.54) is 0 Å². The van der Waals surface area contributed by atoms with E-state index >= 15 is 0 Å². The number of hydrogen-bond acceptors (Lipinski definition) is 4. The molecule has 2 unspecified atom stereocenters. The third-order valence-electron chi connectivity index (χ3n) is 4.01. The molecule has 0 saturated heterocycles. The van der Waals surface area contributed by atoms with E-state index in [1.807, 2.05) is 31.2 Å². The zero-order valence-corrected chi connectivity index (χ0v) is 17.0. The summed E-state index contributed by atoms with van der Waals surface area (Å²) in [4.78, 5) is 12.5. The van der Waals surface area contributed by atoms with Gasteiger partial charge in [-0.3, -0.25) is 4.79 Å². The minimum atomic E-state index is -3.49. The number of ether oxygens (including phenoxy) is 1. The quantitative estimate of drug-likeness (QED) is 0.699. The first kappa shape index (κ1) is 21.2. The smallest absolute Gasteiger partial charge is 0.222 e. The summed E-state index contributed by atoms with van der Waals surface area (Å²) in [5.74, 6) is 0.465. The van der Waals surface area contributed by atoms with Gasteiger partial charge in [0, 0.05) is 11.4 Å². The van der Waals surface area contributed by atoms with Gasteiger partial charge in [0.05, 0.1) is 25.4 Å². The van der Waals surface area contributed by atoms with Crippen molar-refractivity contribution in [2.24, 2.45) is 0 Å². The number of methoxy groups -OCH3 is 1. The maximum Gasteiger partial charge on any atom is 0.222 e. The fourth-order valence-electron chi connectivity index (χ4n) is 2.64. The van der Waals surface area contributed by atoms with E-state index in [-0.39, 0.29) is 18.4 Å². The summed E-state index contributed by atoms with van der Waals surface area (Å²) in [7, 11) is -1.90. The second-order valence-corrected chi connectivity index (χ2v) is 8.48. The number of hydrogen-bond donors (Lipinski definition) is 2. The van der Waals surface area contributed by atoms with Gasteiger partial charge in [-0.1, -0.05) is 35.9 Å². The van der Waals surface area contributed by atoms with Gasteiger partial charge in [0.15, 0.2) is 0 Å². The Kier molecular flexibility index (Phi) is 7.24. The molecule has 0 saturated carbocycles. The first-order valence-electron chi connectivity index (χ1n) is 8.34. The molecule has 6 nitrogen and oxygen atoms in total. The molecule has 0 aliphatic heterocycles. The molecule has 0 heterocycles. The number of sulfonamides is 1. The number of rotatable bonds is 8. The summed E-state index contributed by atoms with van der Waals surface area (Å²) in [6.45, 7) is 1.86. The van der Waals surface area contributed by atoms with E-state index in [1.54, 1.807) is 31.4 Å². The Labute approximate surface area is 164 Å². The van der Waals surface area contributed by atoms with Crippen molar-refractivity contribution in [2.45, 2.75) is 25.4 Å². The number of benzene rings is 2. The highest BCUT2D eigenvalue weighted by Crippen LogP contribution is 2.22. The predicted octanol–water partition coefficient (Wildman–Crippen LogP) is 3.21. The van der Waals surface area contributed by atoms with Crippen LogP contribution in [-0.4, -0.2) is 27.7 Å². The van der Waals surface area contributed by atoms with Crippen LogP contribution in [0.25, 0.3) is 0 Å². The van der Waals surface area contributed by atoms with Crippen LogP contribution in [0.5, 0.6) is 5.75 Å². The first-order valence-corrected chi connectivity index (χ1v) is 10.6. The van der Waals surface area contributed by atoms with Crippen molar-refractivity contribution in [3.63, 3.8) is 0 Å². The Morgan fingerprint density at radius 3 is 2.15 bits per heavy atom. The van der Waals surface area contributed by atoms with Gasteiger partial charge in [-0.15, -0.1) is 0 Å². The molecular weight excluding hydrogens is 388 g/mol. The number of carbonyl (C=O) groups excluding carboxylic acids is 1. The molecule has 1 amide bonds. The Balaban J connectivity index is 2.08. The zero-order valence-electron chi connectivity index (χ0n) is 15.4. The zero-order chi connectivity index (χ0) is 20.0. The van der Waals surface area contributed by atoms with Crippen molar-refractivity contribution in [1.29, 1.82) is 0 Å². The second-order valence-electron chi connectivity index (χ2n) is 6.26.